The quantitative estimate of drug-likeness (QED) is 0.0408. The number of esters is 1. The third-order valence-electron chi connectivity index (χ3n) is 12.6. The number of Topliss-reactive ketones (excluding diaryl/α,β-unsaturated/α-hetero) is 1. The molecular weight excluding hydrogens is 972 g/mol. The molecule has 0 saturated carbocycles. The van der Waals surface area contributed by atoms with Gasteiger partial charge in [0.05, 0.1) is 30.3 Å². The number of alkyl carbamates (subject to hydrolysis) is 2. The smallest absolute Gasteiger partial charge is 0.409 e. The number of allylic oxidation sites excluding steroid dienone is 3. The number of ketones is 1. The topological polar surface area (TPSA) is 212 Å². The molecule has 4 bridgehead atoms. The lowest BCUT2D eigenvalue weighted by Crippen LogP contribution is -2.63. The molecule has 1 aromatic rings. The van der Waals surface area contributed by atoms with Gasteiger partial charge in [-0.1, -0.05) is 77.8 Å². The molecule has 3 heterocycles. The SMILES string of the molecule is COc1cc2cc(c1Cl)N(C)C(=O)[C@H](OC(=O)[C@H](C)N(C)C(=O)CCC(C)(C)SCC(=O)CCCNC(=O)OC[C@H](C)SSC)C[C@@]1(C)O[C@H]1[C@H](C)[C@@H]1C[C@@](O)(NC(=O)O1)[C@H](OC)/C=C/C=C(\C)C2. The van der Waals surface area contributed by atoms with Gasteiger partial charge in [0.2, 0.25) is 5.91 Å². The summed E-state index contributed by atoms with van der Waals surface area (Å²) in [6, 6.07) is 2.42. The van der Waals surface area contributed by atoms with Gasteiger partial charge in [0, 0.05) is 69.3 Å². The van der Waals surface area contributed by atoms with Crippen LogP contribution in [0.2, 0.25) is 5.02 Å². The number of likely N-dealkylation sites (N-methyl/N-ethyl adjacent to an activating group) is 2. The van der Waals surface area contributed by atoms with Gasteiger partial charge in [0.1, 0.15) is 41.4 Å². The Balaban J connectivity index is 1.47. The third-order valence-corrected chi connectivity index (χ3v) is 16.6. The Morgan fingerprint density at radius 1 is 1.14 bits per heavy atom. The number of ether oxygens (including phenoxy) is 6. The summed E-state index contributed by atoms with van der Waals surface area (Å²) in [5, 5.41) is 17.3. The maximum absolute atomic E-state index is 14.7. The van der Waals surface area contributed by atoms with Crippen LogP contribution in [0.5, 0.6) is 5.75 Å². The lowest BCUT2D eigenvalue weighted by molar-refractivity contribution is -0.162. The Labute approximate surface area is 423 Å². The van der Waals surface area contributed by atoms with Crippen LogP contribution >= 0.6 is 45.0 Å². The molecule has 0 unspecified atom stereocenters. The summed E-state index contributed by atoms with van der Waals surface area (Å²) in [6.45, 7) is 13.5. The number of amides is 4. The van der Waals surface area contributed by atoms with Crippen LogP contribution in [0.1, 0.15) is 92.6 Å². The van der Waals surface area contributed by atoms with E-state index in [2.05, 4.69) is 10.6 Å². The Kier molecular flexibility index (Phi) is 21.5. The first-order valence-electron chi connectivity index (χ1n) is 23.0. The van der Waals surface area contributed by atoms with Crippen LogP contribution in [-0.4, -0.2) is 151 Å². The fraction of sp³-hybridized carbons (Fsp3) is 0.667. The highest BCUT2D eigenvalue weighted by molar-refractivity contribution is 8.76. The monoisotopic (exact) mass is 1040 g/mol. The van der Waals surface area contributed by atoms with Gasteiger partial charge >= 0.3 is 18.2 Å². The standard InChI is InChI=1S/C48H71ClN4O13S3/c1-28-15-13-17-38(62-11)48(60)25-36(65-45(59)51-48)30(3)41-47(7,66-41)24-37(42(56)53(9)34-22-32(21-28)23-35(61-10)40(34)49)64-43(57)31(4)52(8)39(55)18-19-46(5,6)68-27-33(54)16-14-20-50-44(58)63-26-29(2)69-67-12/h13,15,17,22-23,29-31,36-38,41,60H,14,16,18-21,24-27H2,1-12H3,(H,50,58)(H,51,59)/b17-13+,28-15+/t29-,30+,31-,36-,37+,38+,41-,47+,48-/m0/s1. The summed E-state index contributed by atoms with van der Waals surface area (Å²) in [7, 11) is 9.14. The number of carbonyl (C=O) groups is 6. The van der Waals surface area contributed by atoms with Crippen LogP contribution in [0, 0.1) is 5.92 Å². The van der Waals surface area contributed by atoms with Crippen molar-refractivity contribution in [2.45, 2.75) is 145 Å². The number of anilines is 1. The van der Waals surface area contributed by atoms with Crippen LogP contribution in [0.3, 0.4) is 0 Å². The van der Waals surface area contributed by atoms with E-state index in [9.17, 15) is 33.9 Å². The van der Waals surface area contributed by atoms with Crippen molar-refractivity contribution in [3.63, 3.8) is 0 Å². The van der Waals surface area contributed by atoms with E-state index in [0.717, 1.165) is 11.1 Å². The zero-order valence-electron chi connectivity index (χ0n) is 41.8. The highest BCUT2D eigenvalue weighted by Gasteiger charge is 2.60. The Morgan fingerprint density at radius 3 is 2.52 bits per heavy atom. The summed E-state index contributed by atoms with van der Waals surface area (Å²) in [5.41, 5.74) is -0.938. The van der Waals surface area contributed by atoms with Crippen molar-refractivity contribution in [2.75, 3.05) is 58.4 Å². The van der Waals surface area contributed by atoms with E-state index in [1.54, 1.807) is 52.8 Å². The van der Waals surface area contributed by atoms with Crippen molar-refractivity contribution in [2.24, 2.45) is 5.92 Å². The highest BCUT2D eigenvalue weighted by atomic mass is 35.5. The Morgan fingerprint density at radius 2 is 1.86 bits per heavy atom. The number of thioether (sulfide) groups is 1. The molecule has 0 aliphatic carbocycles. The number of methoxy groups -OCH3 is 2. The van der Waals surface area contributed by atoms with E-state index in [1.807, 2.05) is 47.0 Å². The number of hydrogen-bond donors (Lipinski definition) is 3. The van der Waals surface area contributed by atoms with Gasteiger partial charge in [-0.2, -0.15) is 0 Å². The van der Waals surface area contributed by atoms with E-state index >= 15 is 0 Å². The molecule has 17 nitrogen and oxygen atoms in total. The first-order chi connectivity index (χ1) is 32.4. The summed E-state index contributed by atoms with van der Waals surface area (Å²) < 4.78 is 34.0. The zero-order valence-corrected chi connectivity index (χ0v) is 45.0. The molecule has 21 heteroatoms. The van der Waals surface area contributed by atoms with Crippen molar-refractivity contribution < 1.29 is 62.3 Å². The molecule has 0 spiro atoms. The molecule has 4 amide bonds. The molecule has 1 aromatic carbocycles. The fourth-order valence-corrected chi connectivity index (χ4v) is 11.0. The number of hydrogen-bond acceptors (Lipinski definition) is 16. The molecular formula is C48H71ClN4O13S3. The van der Waals surface area contributed by atoms with Crippen molar-refractivity contribution in [3.8, 4) is 5.75 Å². The Bertz CT molecular complexity index is 2080. The van der Waals surface area contributed by atoms with Crippen molar-refractivity contribution in [1.29, 1.82) is 0 Å². The minimum atomic E-state index is -1.83. The van der Waals surface area contributed by atoms with E-state index in [0.29, 0.717) is 43.9 Å². The van der Waals surface area contributed by atoms with Crippen molar-refractivity contribution in [1.82, 2.24) is 15.5 Å². The number of halogens is 1. The maximum atomic E-state index is 14.7. The van der Waals surface area contributed by atoms with Gasteiger partial charge in [0.25, 0.3) is 5.91 Å². The van der Waals surface area contributed by atoms with E-state index in [4.69, 9.17) is 40.0 Å². The summed E-state index contributed by atoms with van der Waals surface area (Å²) >= 11 is 8.29. The Hall–Kier alpha value is -3.66. The predicted molar refractivity (Wildman–Crippen MR) is 271 cm³/mol. The van der Waals surface area contributed by atoms with Gasteiger partial charge in [-0.3, -0.25) is 19.7 Å². The normalized spacial score (nSPS) is 27.2. The number of aliphatic hydroxyl groups is 1. The zero-order chi connectivity index (χ0) is 51.4. The maximum Gasteiger partial charge on any atom is 0.409 e. The first-order valence-corrected chi connectivity index (χ1v) is 27.0. The second kappa shape index (κ2) is 25.6. The van der Waals surface area contributed by atoms with Crippen LogP contribution in [0.25, 0.3) is 0 Å². The van der Waals surface area contributed by atoms with Gasteiger partial charge in [-0.15, -0.1) is 11.8 Å². The van der Waals surface area contributed by atoms with E-state index < -0.39 is 76.5 Å². The number of carbonyl (C=O) groups excluding carboxylic acids is 6. The minimum absolute atomic E-state index is 0.0190. The summed E-state index contributed by atoms with van der Waals surface area (Å²) in [4.78, 5) is 82.5. The number of fused-ring (bicyclic) bond motifs is 5. The van der Waals surface area contributed by atoms with Crippen LogP contribution in [0.4, 0.5) is 15.3 Å². The predicted octanol–water partition coefficient (Wildman–Crippen LogP) is 7.28. The molecule has 0 radical (unpaired) electrons. The first kappa shape index (κ1) is 57.9. The summed E-state index contributed by atoms with van der Waals surface area (Å²) in [5.74, 6) is -1.71. The molecule has 69 heavy (non-hydrogen) atoms. The van der Waals surface area contributed by atoms with Gasteiger partial charge in [-0.05, 0) is 70.9 Å². The number of rotatable bonds is 19. The third kappa shape index (κ3) is 16.4. The fourth-order valence-electron chi connectivity index (χ4n) is 8.18. The molecule has 9 atom stereocenters. The molecule has 3 aliphatic heterocycles. The largest absolute Gasteiger partial charge is 0.495 e. The summed E-state index contributed by atoms with van der Waals surface area (Å²) in [6.07, 6.45) is 3.51. The van der Waals surface area contributed by atoms with E-state index in [-0.39, 0.29) is 53.4 Å². The molecule has 386 valence electrons. The molecule has 0 aromatic heterocycles. The average molecular weight is 1040 g/mol. The van der Waals surface area contributed by atoms with Gasteiger partial charge in [0.15, 0.2) is 11.8 Å². The lowest BCUT2D eigenvalue weighted by Gasteiger charge is -2.42. The number of nitrogens with zero attached hydrogens (tertiary/aromatic N) is 2. The average Bonchev–Trinajstić information content (AvgIpc) is 3.97. The number of nitrogens with one attached hydrogen (secondary N) is 2. The molecule has 3 N–H and O–H groups in total. The lowest BCUT2D eigenvalue weighted by atomic mass is 9.84. The van der Waals surface area contributed by atoms with E-state index in [1.165, 1.54) is 56.8 Å². The number of epoxide rings is 1. The van der Waals surface area contributed by atoms with Crippen LogP contribution in [0.15, 0.2) is 35.9 Å². The highest BCUT2D eigenvalue weighted by Crippen LogP contribution is 2.48. The van der Waals surface area contributed by atoms with Crippen LogP contribution < -0.4 is 20.3 Å². The second-order valence-corrected chi connectivity index (χ2v) is 23.7. The molecule has 4 rings (SSSR count). The molecule has 2 saturated heterocycles. The minimum Gasteiger partial charge on any atom is -0.495 e. The van der Waals surface area contributed by atoms with Crippen molar-refractivity contribution in [3.05, 3.63) is 46.5 Å². The molecule has 2 fully saturated rings. The van der Waals surface area contributed by atoms with Gasteiger partial charge in [-0.25, -0.2) is 14.4 Å². The second-order valence-electron chi connectivity index (χ2n) is 18.8. The van der Waals surface area contributed by atoms with Crippen LogP contribution in [-0.2, 0) is 49.3 Å². The number of benzene rings is 1. The van der Waals surface area contributed by atoms with Crippen molar-refractivity contribution >= 4 is 86.4 Å². The van der Waals surface area contributed by atoms with Gasteiger partial charge < -0.3 is 48.6 Å². The molecule has 3 aliphatic rings.